The molecule has 0 atom stereocenters. The molecule has 0 unspecified atom stereocenters. The van der Waals surface area contributed by atoms with Crippen LogP contribution >= 0.6 is 0 Å². The molecular weight excluding hydrogens is 228 g/mol. The highest BCUT2D eigenvalue weighted by Crippen LogP contribution is 2.38. The van der Waals surface area contributed by atoms with E-state index in [1.54, 1.807) is 14.2 Å². The molecule has 0 bridgehead atoms. The predicted molar refractivity (Wildman–Crippen MR) is 76.0 cm³/mol. The monoisotopic (exact) mass is 252 g/mol. The van der Waals surface area contributed by atoms with E-state index in [2.05, 4.69) is 11.8 Å². The van der Waals surface area contributed by atoms with Crippen LogP contribution in [0.4, 0.5) is 5.69 Å². The Kier molecular flexibility index (Phi) is 5.28. The van der Waals surface area contributed by atoms with Crippen molar-refractivity contribution >= 4 is 5.69 Å². The molecule has 2 N–H and O–H groups in total. The minimum atomic E-state index is 0.689. The lowest BCUT2D eigenvalue weighted by molar-refractivity contribution is 0.398. The van der Waals surface area contributed by atoms with Crippen molar-refractivity contribution in [2.75, 3.05) is 39.3 Å². The summed E-state index contributed by atoms with van der Waals surface area (Å²) in [5, 5.41) is 0. The summed E-state index contributed by atoms with van der Waals surface area (Å²) < 4.78 is 10.9. The molecule has 4 heteroatoms. The fourth-order valence-corrected chi connectivity index (χ4v) is 2.05. The van der Waals surface area contributed by atoms with Gasteiger partial charge in [0, 0.05) is 19.7 Å². The van der Waals surface area contributed by atoms with Crippen LogP contribution < -0.4 is 20.1 Å². The molecule has 0 heterocycles. The zero-order valence-electron chi connectivity index (χ0n) is 12.0. The Labute approximate surface area is 110 Å². The molecule has 18 heavy (non-hydrogen) atoms. The number of nitrogens with zero attached hydrogens (tertiary/aromatic N) is 1. The largest absolute Gasteiger partial charge is 0.496 e. The Morgan fingerprint density at radius 1 is 1.17 bits per heavy atom. The van der Waals surface area contributed by atoms with Gasteiger partial charge in [-0.15, -0.1) is 0 Å². The number of benzene rings is 1. The van der Waals surface area contributed by atoms with Gasteiger partial charge >= 0.3 is 0 Å². The first-order valence-corrected chi connectivity index (χ1v) is 6.20. The van der Waals surface area contributed by atoms with E-state index in [-0.39, 0.29) is 0 Å². The summed E-state index contributed by atoms with van der Waals surface area (Å²) in [6.07, 6.45) is 0.953. The third kappa shape index (κ3) is 2.88. The lowest BCUT2D eigenvalue weighted by atomic mass is 10.1. The van der Waals surface area contributed by atoms with Crippen molar-refractivity contribution in [2.45, 2.75) is 20.3 Å². The highest BCUT2D eigenvalue weighted by Gasteiger charge is 2.16. The van der Waals surface area contributed by atoms with E-state index >= 15 is 0 Å². The van der Waals surface area contributed by atoms with Crippen LogP contribution in [0.5, 0.6) is 11.5 Å². The first kappa shape index (κ1) is 14.6. The smallest absolute Gasteiger partial charge is 0.145 e. The van der Waals surface area contributed by atoms with Crippen LogP contribution in [0.1, 0.15) is 17.5 Å². The van der Waals surface area contributed by atoms with Crippen LogP contribution in [-0.2, 0) is 0 Å². The van der Waals surface area contributed by atoms with Crippen LogP contribution in [0.25, 0.3) is 0 Å². The number of nitrogens with two attached hydrogens (primary N) is 1. The van der Waals surface area contributed by atoms with Crippen molar-refractivity contribution < 1.29 is 9.47 Å². The van der Waals surface area contributed by atoms with E-state index in [1.807, 2.05) is 20.0 Å². The zero-order valence-corrected chi connectivity index (χ0v) is 12.0. The van der Waals surface area contributed by atoms with Crippen molar-refractivity contribution in [3.63, 3.8) is 0 Å². The van der Waals surface area contributed by atoms with Gasteiger partial charge in [-0.1, -0.05) is 0 Å². The van der Waals surface area contributed by atoms with Gasteiger partial charge in [0.25, 0.3) is 0 Å². The van der Waals surface area contributed by atoms with Crippen LogP contribution in [-0.4, -0.2) is 34.4 Å². The average Bonchev–Trinajstić information content (AvgIpc) is 2.38. The van der Waals surface area contributed by atoms with Gasteiger partial charge in [-0.25, -0.2) is 0 Å². The lowest BCUT2D eigenvalue weighted by Gasteiger charge is -2.24. The molecule has 1 aromatic carbocycles. The van der Waals surface area contributed by atoms with Gasteiger partial charge in [-0.2, -0.15) is 0 Å². The summed E-state index contributed by atoms with van der Waals surface area (Å²) in [4.78, 5) is 2.15. The fourth-order valence-electron chi connectivity index (χ4n) is 2.05. The second-order valence-corrected chi connectivity index (χ2v) is 4.44. The van der Waals surface area contributed by atoms with E-state index in [9.17, 15) is 0 Å². The minimum absolute atomic E-state index is 0.689. The normalized spacial score (nSPS) is 10.3. The Balaban J connectivity index is 3.20. The molecule has 0 saturated carbocycles. The molecule has 1 rings (SSSR count). The van der Waals surface area contributed by atoms with Crippen molar-refractivity contribution in [3.05, 3.63) is 17.2 Å². The maximum Gasteiger partial charge on any atom is 0.145 e. The van der Waals surface area contributed by atoms with E-state index < -0.39 is 0 Å². The molecule has 0 fully saturated rings. The van der Waals surface area contributed by atoms with E-state index in [4.69, 9.17) is 15.2 Å². The third-order valence-corrected chi connectivity index (χ3v) is 3.31. The molecule has 0 saturated heterocycles. The van der Waals surface area contributed by atoms with E-state index in [1.165, 1.54) is 0 Å². The number of methoxy groups -OCH3 is 2. The van der Waals surface area contributed by atoms with Crippen molar-refractivity contribution in [1.29, 1.82) is 0 Å². The summed E-state index contributed by atoms with van der Waals surface area (Å²) >= 11 is 0. The van der Waals surface area contributed by atoms with Crippen LogP contribution in [0.3, 0.4) is 0 Å². The molecule has 4 nitrogen and oxygen atoms in total. The summed E-state index contributed by atoms with van der Waals surface area (Å²) in [6.45, 7) is 5.68. The molecule has 0 aromatic heterocycles. The van der Waals surface area contributed by atoms with Gasteiger partial charge in [0.1, 0.15) is 11.5 Å². The molecule has 0 aliphatic carbocycles. The molecule has 102 valence electrons. The maximum absolute atomic E-state index is 5.55. The van der Waals surface area contributed by atoms with Gasteiger partial charge < -0.3 is 20.1 Å². The summed E-state index contributed by atoms with van der Waals surface area (Å²) in [5.74, 6) is 1.80. The second kappa shape index (κ2) is 6.50. The number of anilines is 1. The van der Waals surface area contributed by atoms with Gasteiger partial charge in [-0.3, -0.25) is 0 Å². The molecular formula is C14H24N2O2. The second-order valence-electron chi connectivity index (χ2n) is 4.44. The summed E-state index contributed by atoms with van der Waals surface area (Å²) in [5.41, 5.74) is 8.83. The predicted octanol–water partition coefficient (Wildman–Crippen LogP) is 2.11. The van der Waals surface area contributed by atoms with Crippen molar-refractivity contribution in [3.8, 4) is 11.5 Å². The van der Waals surface area contributed by atoms with E-state index in [0.29, 0.717) is 6.54 Å². The molecule has 0 aliphatic rings. The number of hydrogen-bond donors (Lipinski definition) is 1. The minimum Gasteiger partial charge on any atom is -0.496 e. The summed E-state index contributed by atoms with van der Waals surface area (Å²) in [7, 11) is 5.44. The van der Waals surface area contributed by atoms with Gasteiger partial charge in [0.05, 0.1) is 19.9 Å². The van der Waals surface area contributed by atoms with Crippen molar-refractivity contribution in [1.82, 2.24) is 0 Å². The SMILES string of the molecule is COc1cc(N(C)CCCN)c(OC)c(C)c1C. The van der Waals surface area contributed by atoms with Gasteiger partial charge in [0.15, 0.2) is 0 Å². The highest BCUT2D eigenvalue weighted by molar-refractivity contribution is 5.67. The highest BCUT2D eigenvalue weighted by atomic mass is 16.5. The zero-order chi connectivity index (χ0) is 13.7. The molecule has 0 amide bonds. The standard InChI is InChI=1S/C14H24N2O2/c1-10-11(2)14(18-5)12(9-13(10)17-4)16(3)8-6-7-15/h9H,6-8,15H2,1-5H3. The maximum atomic E-state index is 5.55. The Hall–Kier alpha value is -1.42. The fraction of sp³-hybridized carbons (Fsp3) is 0.571. The molecule has 1 aromatic rings. The Morgan fingerprint density at radius 3 is 2.33 bits per heavy atom. The number of ether oxygens (including phenoxy) is 2. The van der Waals surface area contributed by atoms with Crippen LogP contribution in [0, 0.1) is 13.8 Å². The Bertz CT molecular complexity index is 405. The first-order chi connectivity index (χ1) is 8.56. The summed E-state index contributed by atoms with van der Waals surface area (Å²) in [6, 6.07) is 2.03. The number of rotatable bonds is 6. The molecule has 0 radical (unpaired) electrons. The Morgan fingerprint density at radius 2 is 1.83 bits per heavy atom. The van der Waals surface area contributed by atoms with Crippen LogP contribution in [0.2, 0.25) is 0 Å². The van der Waals surface area contributed by atoms with Crippen molar-refractivity contribution in [2.24, 2.45) is 5.73 Å². The lowest BCUT2D eigenvalue weighted by Crippen LogP contribution is -2.22. The average molecular weight is 252 g/mol. The first-order valence-electron chi connectivity index (χ1n) is 6.20. The topological polar surface area (TPSA) is 47.7 Å². The van der Waals surface area contributed by atoms with Gasteiger partial charge in [-0.05, 0) is 37.9 Å². The van der Waals surface area contributed by atoms with Gasteiger partial charge in [0.2, 0.25) is 0 Å². The van der Waals surface area contributed by atoms with Crippen LogP contribution in [0.15, 0.2) is 6.07 Å². The molecule has 0 spiro atoms. The quantitative estimate of drug-likeness (QED) is 0.842. The number of hydrogen-bond acceptors (Lipinski definition) is 4. The molecule has 0 aliphatic heterocycles. The van der Waals surface area contributed by atoms with E-state index in [0.717, 1.165) is 41.3 Å². The third-order valence-electron chi connectivity index (χ3n) is 3.31.